The fourth-order valence-electron chi connectivity index (χ4n) is 9.50. The van der Waals surface area contributed by atoms with Gasteiger partial charge in [-0.25, -0.2) is 4.99 Å². The highest BCUT2D eigenvalue weighted by Gasteiger charge is 2.48. The molecule has 0 spiro atoms. The Bertz CT molecular complexity index is 2770. The van der Waals surface area contributed by atoms with Crippen LogP contribution in [-0.4, -0.2) is 10.9 Å². The summed E-state index contributed by atoms with van der Waals surface area (Å²) in [6.45, 7) is 6.84. The van der Waals surface area contributed by atoms with Crippen LogP contribution in [0, 0.1) is 0 Å². The van der Waals surface area contributed by atoms with Crippen LogP contribution in [-0.2, 0) is 5.41 Å². The SMILES string of the molecule is C=C(NC(/N=C/n1c2c(c3ccc(-c4ccccc4)cc31)C(C)CC(C1(c3ccccc3)c3ccccc3-c3ccccc31)=C2)c1ccccc1)c1ccccc1. The molecule has 3 heteroatoms. The van der Waals surface area contributed by atoms with E-state index in [1.807, 2.05) is 24.3 Å². The summed E-state index contributed by atoms with van der Waals surface area (Å²) in [6.07, 6.45) is 5.12. The van der Waals surface area contributed by atoms with Crippen LogP contribution in [0.3, 0.4) is 0 Å². The molecule has 10 rings (SSSR count). The number of allylic oxidation sites excluding steroid dienone is 1. The largest absolute Gasteiger partial charge is 0.360 e. The van der Waals surface area contributed by atoms with Crippen molar-refractivity contribution < 1.29 is 0 Å². The van der Waals surface area contributed by atoms with Gasteiger partial charge in [-0.1, -0.05) is 195 Å². The Kier molecular flexibility index (Phi) is 8.64. The highest BCUT2D eigenvalue weighted by atomic mass is 15.1. The number of hydrogen-bond acceptors (Lipinski definition) is 2. The van der Waals surface area contributed by atoms with Gasteiger partial charge < -0.3 is 9.88 Å². The number of fused-ring (bicyclic) bond motifs is 6. The lowest BCUT2D eigenvalue weighted by Gasteiger charge is -2.39. The van der Waals surface area contributed by atoms with Gasteiger partial charge in [0.1, 0.15) is 6.17 Å². The first kappa shape index (κ1) is 34.5. The fourth-order valence-corrected chi connectivity index (χ4v) is 9.50. The number of nitrogens with one attached hydrogen (secondary N) is 1. The van der Waals surface area contributed by atoms with Gasteiger partial charge in [-0.05, 0) is 85.7 Å². The van der Waals surface area contributed by atoms with Crippen molar-refractivity contribution >= 4 is 29.0 Å². The molecule has 0 amide bonds. The third kappa shape index (κ3) is 5.78. The van der Waals surface area contributed by atoms with E-state index in [9.17, 15) is 0 Å². The van der Waals surface area contributed by atoms with E-state index in [0.29, 0.717) is 0 Å². The molecule has 0 radical (unpaired) electrons. The summed E-state index contributed by atoms with van der Waals surface area (Å²) in [7, 11) is 0. The summed E-state index contributed by atoms with van der Waals surface area (Å²) in [5.74, 6) is 0.251. The highest BCUT2D eigenvalue weighted by Crippen LogP contribution is 2.59. The second-order valence-electron chi connectivity index (χ2n) is 15.3. The zero-order valence-electron chi connectivity index (χ0n) is 32.0. The Hall–Kier alpha value is -6.97. The summed E-state index contributed by atoms with van der Waals surface area (Å²) >= 11 is 0. The van der Waals surface area contributed by atoms with E-state index in [0.717, 1.165) is 28.8 Å². The molecule has 0 saturated carbocycles. The molecule has 274 valence electrons. The Morgan fingerprint density at radius 2 is 1.26 bits per heavy atom. The van der Waals surface area contributed by atoms with Gasteiger partial charge in [-0.2, -0.15) is 0 Å². The molecular formula is C54H43N3. The molecule has 3 nitrogen and oxygen atoms in total. The molecule has 57 heavy (non-hydrogen) atoms. The highest BCUT2D eigenvalue weighted by molar-refractivity contribution is 5.98. The van der Waals surface area contributed by atoms with Crippen LogP contribution in [0.4, 0.5) is 0 Å². The van der Waals surface area contributed by atoms with Gasteiger partial charge in [0.05, 0.1) is 23.0 Å². The van der Waals surface area contributed by atoms with Gasteiger partial charge in [0.2, 0.25) is 0 Å². The van der Waals surface area contributed by atoms with Crippen molar-refractivity contribution in [3.8, 4) is 22.3 Å². The minimum absolute atomic E-state index is 0.251. The molecule has 1 heterocycles. The number of nitrogens with zero attached hydrogens (tertiary/aromatic N) is 2. The van der Waals surface area contributed by atoms with Crippen LogP contribution in [0.1, 0.15) is 64.5 Å². The zero-order chi connectivity index (χ0) is 38.3. The van der Waals surface area contributed by atoms with Crippen LogP contribution in [0.25, 0.3) is 44.9 Å². The number of benzene rings is 7. The quantitative estimate of drug-likeness (QED) is 0.116. The van der Waals surface area contributed by atoms with Gasteiger partial charge in [-0.15, -0.1) is 0 Å². The van der Waals surface area contributed by atoms with E-state index < -0.39 is 5.41 Å². The topological polar surface area (TPSA) is 29.3 Å². The van der Waals surface area contributed by atoms with Gasteiger partial charge >= 0.3 is 0 Å². The van der Waals surface area contributed by atoms with Crippen molar-refractivity contribution in [2.75, 3.05) is 0 Å². The first-order valence-electron chi connectivity index (χ1n) is 19.9. The van der Waals surface area contributed by atoms with E-state index >= 15 is 0 Å². The van der Waals surface area contributed by atoms with E-state index in [1.54, 1.807) is 0 Å². The first-order chi connectivity index (χ1) is 28.1. The Balaban J connectivity index is 1.21. The third-order valence-electron chi connectivity index (χ3n) is 12.0. The standard InChI is InChI=1S/C54H43N3/c1-37-33-44(54(43-25-13-6-14-26-43)48-29-17-15-27-45(48)46-28-16-18-30-49(46)54)35-51-52(37)47-32-31-42(40-21-9-4-10-22-40)34-50(47)57(51)36-55-53(41-23-11-5-12-24-41)56-38(2)39-19-7-3-8-20-39/h3-32,34-37,53,56H,2,33H2,1H3/b55-36+. The van der Waals surface area contributed by atoms with Crippen molar-refractivity contribution in [2.45, 2.75) is 30.8 Å². The molecular weight excluding hydrogens is 691 g/mol. The minimum atomic E-state index is -0.449. The number of aliphatic imine (C=N–C) groups is 1. The van der Waals surface area contributed by atoms with E-state index in [1.165, 1.54) is 61.2 Å². The molecule has 2 unspecified atom stereocenters. The van der Waals surface area contributed by atoms with Gasteiger partial charge in [0, 0.05) is 11.1 Å². The van der Waals surface area contributed by atoms with Crippen LogP contribution in [0.15, 0.2) is 205 Å². The van der Waals surface area contributed by atoms with E-state index in [-0.39, 0.29) is 12.1 Å². The summed E-state index contributed by atoms with van der Waals surface area (Å²) in [4.78, 5) is 5.39. The van der Waals surface area contributed by atoms with Crippen LogP contribution in [0.2, 0.25) is 0 Å². The normalized spacial score (nSPS) is 15.7. The van der Waals surface area contributed by atoms with Crippen molar-refractivity contribution in [1.82, 2.24) is 9.88 Å². The Morgan fingerprint density at radius 1 is 0.684 bits per heavy atom. The van der Waals surface area contributed by atoms with Crippen LogP contribution in [0.5, 0.6) is 0 Å². The average molecular weight is 734 g/mol. The zero-order valence-corrected chi connectivity index (χ0v) is 32.0. The average Bonchev–Trinajstić information content (AvgIpc) is 3.76. The lowest BCUT2D eigenvalue weighted by Crippen LogP contribution is -2.31. The van der Waals surface area contributed by atoms with Crippen molar-refractivity contribution in [3.63, 3.8) is 0 Å². The van der Waals surface area contributed by atoms with Crippen molar-refractivity contribution in [2.24, 2.45) is 4.99 Å². The number of aromatic nitrogens is 1. The summed E-state index contributed by atoms with van der Waals surface area (Å²) in [6, 6.07) is 67.5. The summed E-state index contributed by atoms with van der Waals surface area (Å²) < 4.78 is 2.35. The first-order valence-corrected chi connectivity index (χ1v) is 19.9. The van der Waals surface area contributed by atoms with Crippen LogP contribution >= 0.6 is 0 Å². The fraction of sp³-hybridized carbons (Fsp3) is 0.0926. The Labute approximate surface area is 335 Å². The molecule has 2 atom stereocenters. The molecule has 1 N–H and O–H groups in total. The smallest absolute Gasteiger partial charge is 0.146 e. The Morgan fingerprint density at radius 3 is 1.93 bits per heavy atom. The van der Waals surface area contributed by atoms with Crippen molar-refractivity contribution in [1.29, 1.82) is 0 Å². The number of hydrogen-bond donors (Lipinski definition) is 1. The second-order valence-corrected chi connectivity index (χ2v) is 15.3. The van der Waals surface area contributed by atoms with Crippen molar-refractivity contribution in [3.05, 3.63) is 239 Å². The lowest BCUT2D eigenvalue weighted by molar-refractivity contribution is 0.638. The minimum Gasteiger partial charge on any atom is -0.360 e. The maximum atomic E-state index is 5.39. The predicted octanol–water partition coefficient (Wildman–Crippen LogP) is 13.0. The molecule has 7 aromatic carbocycles. The molecule has 8 aromatic rings. The maximum Gasteiger partial charge on any atom is 0.146 e. The molecule has 0 aliphatic heterocycles. The van der Waals surface area contributed by atoms with Gasteiger partial charge in [-0.3, -0.25) is 0 Å². The monoisotopic (exact) mass is 733 g/mol. The molecule has 0 saturated heterocycles. The van der Waals surface area contributed by atoms with Gasteiger partial charge in [0.25, 0.3) is 0 Å². The summed E-state index contributed by atoms with van der Waals surface area (Å²) in [5, 5.41) is 4.93. The molecule has 1 aromatic heterocycles. The van der Waals surface area contributed by atoms with E-state index in [2.05, 4.69) is 200 Å². The van der Waals surface area contributed by atoms with Gasteiger partial charge in [0.15, 0.2) is 0 Å². The lowest BCUT2D eigenvalue weighted by atomic mass is 9.63. The predicted molar refractivity (Wildman–Crippen MR) is 238 cm³/mol. The molecule has 2 aliphatic carbocycles. The van der Waals surface area contributed by atoms with E-state index in [4.69, 9.17) is 4.99 Å². The van der Waals surface area contributed by atoms with Crippen LogP contribution < -0.4 is 5.32 Å². The third-order valence-corrected chi connectivity index (χ3v) is 12.0. The maximum absolute atomic E-state index is 5.39. The second kappa shape index (κ2) is 14.3. The molecule has 2 aliphatic rings. The summed E-state index contributed by atoms with van der Waals surface area (Å²) in [5.41, 5.74) is 16.5. The molecule has 0 bridgehead atoms. The number of rotatable bonds is 9. The molecule has 0 fully saturated rings.